The molecule has 0 unspecified atom stereocenters. The number of halogens is 1. The average molecular weight is 347 g/mol. The topological polar surface area (TPSA) is 72.9 Å². The van der Waals surface area contributed by atoms with Gasteiger partial charge >= 0.3 is 0 Å². The minimum atomic E-state index is -0.696. The van der Waals surface area contributed by atoms with Gasteiger partial charge in [0.1, 0.15) is 5.82 Å². The van der Waals surface area contributed by atoms with Crippen LogP contribution in [0.2, 0.25) is 0 Å². The number of hydroxylamine groups is 1. The first-order chi connectivity index (χ1) is 11.9. The van der Waals surface area contributed by atoms with Gasteiger partial charge in [-0.05, 0) is 37.0 Å². The lowest BCUT2D eigenvalue weighted by atomic mass is 9.69. The van der Waals surface area contributed by atoms with Crippen molar-refractivity contribution in [3.63, 3.8) is 0 Å². The predicted octanol–water partition coefficient (Wildman–Crippen LogP) is 1.31. The van der Waals surface area contributed by atoms with Crippen molar-refractivity contribution >= 4 is 11.8 Å². The van der Waals surface area contributed by atoms with E-state index in [2.05, 4.69) is 4.90 Å². The molecular formula is C18H22FN3O3. The molecule has 25 heavy (non-hydrogen) atoms. The van der Waals surface area contributed by atoms with Crippen molar-refractivity contribution in [1.29, 1.82) is 0 Å². The predicted molar refractivity (Wildman–Crippen MR) is 87.5 cm³/mol. The highest BCUT2D eigenvalue weighted by Gasteiger charge is 2.56. The van der Waals surface area contributed by atoms with Gasteiger partial charge in [0.2, 0.25) is 5.91 Å². The third-order valence-corrected chi connectivity index (χ3v) is 5.98. The number of nitrogens with zero attached hydrogens (tertiary/aromatic N) is 2. The van der Waals surface area contributed by atoms with Gasteiger partial charge in [0.25, 0.3) is 5.91 Å². The summed E-state index contributed by atoms with van der Waals surface area (Å²) in [6.45, 7) is 4.65. The number of benzene rings is 1. The molecule has 1 aromatic rings. The lowest BCUT2D eigenvalue weighted by Crippen LogP contribution is -2.45. The molecule has 1 saturated carbocycles. The molecule has 3 heterocycles. The SMILES string of the molecule is CC(=O)N1CC2(CN3CCc4cc(C(=O)NO)cc(F)c4C3)CC1C2. The van der Waals surface area contributed by atoms with E-state index in [0.717, 1.165) is 38.0 Å². The van der Waals surface area contributed by atoms with Crippen LogP contribution in [-0.4, -0.2) is 52.5 Å². The van der Waals surface area contributed by atoms with Crippen LogP contribution in [-0.2, 0) is 17.8 Å². The van der Waals surface area contributed by atoms with Crippen LogP contribution in [0.5, 0.6) is 0 Å². The molecule has 7 heteroatoms. The Bertz CT molecular complexity index is 745. The Morgan fingerprint density at radius 2 is 2.16 bits per heavy atom. The van der Waals surface area contributed by atoms with E-state index in [0.29, 0.717) is 24.6 Å². The van der Waals surface area contributed by atoms with E-state index in [9.17, 15) is 14.0 Å². The highest BCUT2D eigenvalue weighted by Crippen LogP contribution is 2.52. The van der Waals surface area contributed by atoms with Crippen molar-refractivity contribution in [2.24, 2.45) is 5.41 Å². The average Bonchev–Trinajstić information content (AvgIpc) is 3.10. The second kappa shape index (κ2) is 5.78. The first kappa shape index (κ1) is 16.5. The molecule has 1 aliphatic carbocycles. The minimum Gasteiger partial charge on any atom is -0.339 e. The second-order valence-electron chi connectivity index (χ2n) is 7.71. The van der Waals surface area contributed by atoms with Crippen molar-refractivity contribution in [3.8, 4) is 0 Å². The fraction of sp³-hybridized carbons (Fsp3) is 0.556. The van der Waals surface area contributed by atoms with Crippen LogP contribution in [0, 0.1) is 11.2 Å². The van der Waals surface area contributed by atoms with Gasteiger partial charge in [-0.1, -0.05) is 0 Å². The Hall–Kier alpha value is -1.99. The molecule has 4 aliphatic rings. The Morgan fingerprint density at radius 1 is 1.40 bits per heavy atom. The summed E-state index contributed by atoms with van der Waals surface area (Å²) in [6, 6.07) is 3.23. The van der Waals surface area contributed by atoms with Crippen LogP contribution in [0.4, 0.5) is 4.39 Å². The highest BCUT2D eigenvalue weighted by molar-refractivity contribution is 5.93. The molecule has 2 amide bonds. The molecule has 134 valence electrons. The standard InChI is InChI=1S/C18H22FN3O3/c1-11(23)22-10-18(6-14(22)7-18)9-21-3-2-12-4-13(17(24)20-25)5-16(19)15(12)8-21/h4-5,14,25H,2-3,6-10H2,1H3,(H,20,24). The maximum absolute atomic E-state index is 14.4. The molecular weight excluding hydrogens is 325 g/mol. The number of rotatable bonds is 3. The molecule has 3 aliphatic heterocycles. The number of amides is 2. The van der Waals surface area contributed by atoms with Crippen LogP contribution in [0.15, 0.2) is 12.1 Å². The highest BCUT2D eigenvalue weighted by atomic mass is 19.1. The van der Waals surface area contributed by atoms with Gasteiger partial charge in [0, 0.05) is 55.7 Å². The van der Waals surface area contributed by atoms with Crippen molar-refractivity contribution in [1.82, 2.24) is 15.3 Å². The van der Waals surface area contributed by atoms with E-state index in [4.69, 9.17) is 5.21 Å². The molecule has 6 nitrogen and oxygen atoms in total. The van der Waals surface area contributed by atoms with Crippen LogP contribution in [0.1, 0.15) is 41.3 Å². The Kier molecular flexibility index (Phi) is 3.81. The fourth-order valence-corrected chi connectivity index (χ4v) is 4.81. The summed E-state index contributed by atoms with van der Waals surface area (Å²) in [7, 11) is 0. The molecule has 0 radical (unpaired) electrons. The smallest absolute Gasteiger partial charge is 0.274 e. The van der Waals surface area contributed by atoms with Gasteiger partial charge in [0.05, 0.1) is 0 Å². The molecule has 0 aromatic heterocycles. The fourth-order valence-electron chi connectivity index (χ4n) is 4.81. The summed E-state index contributed by atoms with van der Waals surface area (Å²) < 4.78 is 14.4. The molecule has 0 atom stereocenters. The van der Waals surface area contributed by atoms with E-state index < -0.39 is 11.7 Å². The Balaban J connectivity index is 1.47. The van der Waals surface area contributed by atoms with Crippen molar-refractivity contribution < 1.29 is 19.2 Å². The zero-order valence-electron chi connectivity index (χ0n) is 14.2. The van der Waals surface area contributed by atoms with Crippen LogP contribution >= 0.6 is 0 Å². The van der Waals surface area contributed by atoms with Crippen molar-refractivity contribution in [2.45, 2.75) is 38.8 Å². The normalized spacial score (nSPS) is 27.6. The molecule has 0 spiro atoms. The largest absolute Gasteiger partial charge is 0.339 e. The number of hydrogen-bond acceptors (Lipinski definition) is 4. The van der Waals surface area contributed by atoms with Crippen LogP contribution in [0.3, 0.4) is 0 Å². The summed E-state index contributed by atoms with van der Waals surface area (Å²) >= 11 is 0. The quantitative estimate of drug-likeness (QED) is 0.639. The third kappa shape index (κ3) is 2.71. The summed E-state index contributed by atoms with van der Waals surface area (Å²) in [5.41, 5.74) is 3.32. The number of carbonyl (C=O) groups excluding carboxylic acids is 2. The van der Waals surface area contributed by atoms with E-state index in [1.807, 2.05) is 4.90 Å². The number of carbonyl (C=O) groups is 2. The van der Waals surface area contributed by atoms with Gasteiger partial charge in [-0.3, -0.25) is 19.7 Å². The summed E-state index contributed by atoms with van der Waals surface area (Å²) in [5, 5.41) is 8.72. The van der Waals surface area contributed by atoms with Gasteiger partial charge in [-0.15, -0.1) is 0 Å². The van der Waals surface area contributed by atoms with Crippen LogP contribution < -0.4 is 5.48 Å². The van der Waals surface area contributed by atoms with Crippen molar-refractivity contribution in [3.05, 3.63) is 34.6 Å². The maximum atomic E-state index is 14.4. The third-order valence-electron chi connectivity index (χ3n) is 5.98. The maximum Gasteiger partial charge on any atom is 0.274 e. The Labute approximate surface area is 145 Å². The lowest BCUT2D eigenvalue weighted by molar-refractivity contribution is -0.128. The van der Waals surface area contributed by atoms with E-state index >= 15 is 0 Å². The van der Waals surface area contributed by atoms with E-state index in [1.165, 1.54) is 6.07 Å². The molecule has 2 N–H and O–H groups in total. The summed E-state index contributed by atoms with van der Waals surface area (Å²) in [4.78, 5) is 27.4. The van der Waals surface area contributed by atoms with E-state index in [-0.39, 0.29) is 16.9 Å². The van der Waals surface area contributed by atoms with Gasteiger partial charge in [0.15, 0.2) is 0 Å². The zero-order valence-corrected chi connectivity index (χ0v) is 14.2. The van der Waals surface area contributed by atoms with Gasteiger partial charge in [-0.25, -0.2) is 9.87 Å². The molecule has 2 bridgehead atoms. The molecule has 5 rings (SSSR count). The van der Waals surface area contributed by atoms with E-state index in [1.54, 1.807) is 18.5 Å². The number of fused-ring (bicyclic) bond motifs is 2. The Morgan fingerprint density at radius 3 is 2.80 bits per heavy atom. The zero-order chi connectivity index (χ0) is 17.8. The summed E-state index contributed by atoms with van der Waals surface area (Å²) in [6.07, 6.45) is 2.77. The number of hydrogen-bond donors (Lipinski definition) is 2. The molecule has 3 fully saturated rings. The summed E-state index contributed by atoms with van der Waals surface area (Å²) in [5.74, 6) is -0.950. The first-order valence-electron chi connectivity index (χ1n) is 8.66. The van der Waals surface area contributed by atoms with Gasteiger partial charge in [-0.2, -0.15) is 0 Å². The monoisotopic (exact) mass is 347 g/mol. The second-order valence-corrected chi connectivity index (χ2v) is 7.71. The van der Waals surface area contributed by atoms with Crippen molar-refractivity contribution in [2.75, 3.05) is 19.6 Å². The number of nitrogens with one attached hydrogen (secondary N) is 1. The van der Waals surface area contributed by atoms with Crippen LogP contribution in [0.25, 0.3) is 0 Å². The van der Waals surface area contributed by atoms with Gasteiger partial charge < -0.3 is 4.90 Å². The minimum absolute atomic E-state index is 0.139. The molecule has 1 aromatic carbocycles. The lowest BCUT2D eigenvalue weighted by Gasteiger charge is -2.42. The molecule has 2 saturated heterocycles. The first-order valence-corrected chi connectivity index (χ1v) is 8.66.